The van der Waals surface area contributed by atoms with Crippen LogP contribution in [0.1, 0.15) is 45.4 Å². The fraction of sp³-hybridized carbons (Fsp3) is 1.00. The van der Waals surface area contributed by atoms with Crippen LogP contribution in [0.4, 0.5) is 0 Å². The Labute approximate surface area is 109 Å². The molecule has 4 heteroatoms. The zero-order valence-corrected chi connectivity index (χ0v) is 12.0. The molecular weight excluding hydrogens is 236 g/mol. The first kappa shape index (κ1) is 14.7. The number of hydrazine groups is 1. The van der Waals surface area contributed by atoms with Gasteiger partial charge in [-0.25, -0.2) is 0 Å². The molecule has 1 aliphatic heterocycles. The topological polar surface area (TPSA) is 38.0 Å². The first-order valence-electron chi connectivity index (χ1n) is 6.54. The number of thioether (sulfide) groups is 2. The molecule has 1 saturated heterocycles. The van der Waals surface area contributed by atoms with E-state index in [9.17, 15) is 0 Å². The van der Waals surface area contributed by atoms with Crippen molar-refractivity contribution in [3.8, 4) is 0 Å². The van der Waals surface area contributed by atoms with Crippen molar-refractivity contribution in [2.75, 3.05) is 17.3 Å². The van der Waals surface area contributed by atoms with Crippen molar-refractivity contribution in [2.24, 2.45) is 5.84 Å². The predicted octanol–water partition coefficient (Wildman–Crippen LogP) is 3.03. The zero-order valence-electron chi connectivity index (χ0n) is 10.4. The Balaban J connectivity index is 2.10. The molecule has 1 heterocycles. The van der Waals surface area contributed by atoms with Crippen LogP contribution in [0, 0.1) is 0 Å². The molecule has 0 aromatic rings. The number of nitrogens with two attached hydrogens (primary N) is 1. The fourth-order valence-electron chi connectivity index (χ4n) is 2.08. The molecule has 0 aromatic carbocycles. The van der Waals surface area contributed by atoms with Crippen LogP contribution in [0.3, 0.4) is 0 Å². The smallest absolute Gasteiger partial charge is 0.0337 e. The molecule has 1 fully saturated rings. The van der Waals surface area contributed by atoms with E-state index >= 15 is 0 Å². The third-order valence-corrected chi connectivity index (χ3v) is 6.04. The summed E-state index contributed by atoms with van der Waals surface area (Å²) in [6.07, 6.45) is 8.05. The van der Waals surface area contributed by atoms with Gasteiger partial charge in [0.25, 0.3) is 0 Å². The highest BCUT2D eigenvalue weighted by Crippen LogP contribution is 2.28. The fourth-order valence-corrected chi connectivity index (χ4v) is 4.99. The van der Waals surface area contributed by atoms with Crippen molar-refractivity contribution in [3.63, 3.8) is 0 Å². The van der Waals surface area contributed by atoms with Gasteiger partial charge in [0.05, 0.1) is 0 Å². The quantitative estimate of drug-likeness (QED) is 0.401. The van der Waals surface area contributed by atoms with Gasteiger partial charge in [-0.1, -0.05) is 39.0 Å². The monoisotopic (exact) mass is 262 g/mol. The van der Waals surface area contributed by atoms with E-state index in [1.54, 1.807) is 0 Å². The first-order valence-corrected chi connectivity index (χ1v) is 8.74. The summed E-state index contributed by atoms with van der Waals surface area (Å²) >= 11 is 4.18. The molecule has 2 unspecified atom stereocenters. The minimum absolute atomic E-state index is 0.527. The Morgan fingerprint density at radius 1 is 1.25 bits per heavy atom. The molecule has 0 aliphatic carbocycles. The van der Waals surface area contributed by atoms with Gasteiger partial charge in [0.15, 0.2) is 0 Å². The van der Waals surface area contributed by atoms with Gasteiger partial charge in [0, 0.05) is 28.6 Å². The summed E-state index contributed by atoms with van der Waals surface area (Å²) in [5, 5.41) is 0.731. The number of hydrogen-bond donors (Lipinski definition) is 2. The lowest BCUT2D eigenvalue weighted by Crippen LogP contribution is -2.44. The Morgan fingerprint density at radius 3 is 2.69 bits per heavy atom. The van der Waals surface area contributed by atoms with E-state index in [1.807, 2.05) is 0 Å². The summed E-state index contributed by atoms with van der Waals surface area (Å²) in [5.41, 5.74) is 3.03. The van der Waals surface area contributed by atoms with Crippen LogP contribution in [-0.2, 0) is 0 Å². The molecule has 3 N–H and O–H groups in total. The van der Waals surface area contributed by atoms with Crippen molar-refractivity contribution in [1.29, 1.82) is 0 Å². The van der Waals surface area contributed by atoms with Gasteiger partial charge in [0.2, 0.25) is 0 Å². The molecule has 0 aromatic heterocycles. The minimum Gasteiger partial charge on any atom is -0.271 e. The molecule has 0 bridgehead atoms. The van der Waals surface area contributed by atoms with E-state index in [1.165, 1.54) is 55.8 Å². The van der Waals surface area contributed by atoms with E-state index in [2.05, 4.69) is 35.9 Å². The number of hydrogen-bond acceptors (Lipinski definition) is 4. The molecule has 0 saturated carbocycles. The average molecular weight is 262 g/mol. The van der Waals surface area contributed by atoms with Crippen molar-refractivity contribution in [1.82, 2.24) is 5.43 Å². The summed E-state index contributed by atoms with van der Waals surface area (Å²) in [6.45, 7) is 2.26. The van der Waals surface area contributed by atoms with Crippen LogP contribution >= 0.6 is 23.5 Å². The largest absolute Gasteiger partial charge is 0.271 e. The van der Waals surface area contributed by atoms with Crippen LogP contribution in [0.25, 0.3) is 0 Å². The van der Waals surface area contributed by atoms with Gasteiger partial charge in [0.1, 0.15) is 0 Å². The highest BCUT2D eigenvalue weighted by atomic mass is 32.2. The normalized spacial score (nSPS) is 23.2. The minimum atomic E-state index is 0.527. The van der Waals surface area contributed by atoms with Gasteiger partial charge in [-0.2, -0.15) is 23.5 Å². The van der Waals surface area contributed by atoms with Crippen LogP contribution < -0.4 is 11.3 Å². The number of nitrogens with one attached hydrogen (secondary N) is 1. The van der Waals surface area contributed by atoms with Gasteiger partial charge in [-0.05, 0) is 6.42 Å². The maximum Gasteiger partial charge on any atom is 0.0337 e. The average Bonchev–Trinajstić information content (AvgIpc) is 2.35. The van der Waals surface area contributed by atoms with E-state index in [4.69, 9.17) is 5.84 Å². The van der Waals surface area contributed by atoms with Crippen LogP contribution in [-0.4, -0.2) is 28.6 Å². The van der Waals surface area contributed by atoms with Crippen LogP contribution in [0.2, 0.25) is 0 Å². The first-order chi connectivity index (χ1) is 7.88. The molecule has 1 aliphatic rings. The Hall–Kier alpha value is 0.620. The molecule has 96 valence electrons. The lowest BCUT2D eigenvalue weighted by atomic mass is 10.0. The Kier molecular flexibility index (Phi) is 8.84. The summed E-state index contributed by atoms with van der Waals surface area (Å²) in [6, 6.07) is 0.527. The molecule has 16 heavy (non-hydrogen) atoms. The maximum atomic E-state index is 5.67. The molecule has 0 radical (unpaired) electrons. The summed E-state index contributed by atoms with van der Waals surface area (Å²) in [7, 11) is 0. The molecule has 0 spiro atoms. The van der Waals surface area contributed by atoms with Crippen molar-refractivity contribution >= 4 is 23.5 Å². The van der Waals surface area contributed by atoms with Crippen LogP contribution in [0.15, 0.2) is 0 Å². The van der Waals surface area contributed by atoms with Gasteiger partial charge >= 0.3 is 0 Å². The van der Waals surface area contributed by atoms with Gasteiger partial charge < -0.3 is 0 Å². The lowest BCUT2D eigenvalue weighted by molar-refractivity contribution is 0.462. The lowest BCUT2D eigenvalue weighted by Gasteiger charge is -2.29. The van der Waals surface area contributed by atoms with Crippen LogP contribution in [0.5, 0.6) is 0 Å². The number of unbranched alkanes of at least 4 members (excludes halogenated alkanes) is 4. The second-order valence-electron chi connectivity index (χ2n) is 4.46. The summed E-state index contributed by atoms with van der Waals surface area (Å²) in [4.78, 5) is 0. The molecular formula is C12H26N2S2. The third-order valence-electron chi connectivity index (χ3n) is 3.12. The van der Waals surface area contributed by atoms with E-state index < -0.39 is 0 Å². The second-order valence-corrected chi connectivity index (χ2v) is 6.96. The van der Waals surface area contributed by atoms with Gasteiger partial charge in [-0.3, -0.25) is 11.3 Å². The van der Waals surface area contributed by atoms with Crippen molar-refractivity contribution in [3.05, 3.63) is 0 Å². The Bertz CT molecular complexity index is 161. The maximum absolute atomic E-state index is 5.67. The number of rotatable bonds is 8. The van der Waals surface area contributed by atoms with E-state index in [-0.39, 0.29) is 0 Å². The van der Waals surface area contributed by atoms with E-state index in [0.29, 0.717) is 6.04 Å². The SMILES string of the molecule is CCCCCCCC(NN)C1CSCCS1. The molecule has 2 atom stereocenters. The third kappa shape index (κ3) is 5.80. The van der Waals surface area contributed by atoms with E-state index in [0.717, 1.165) is 5.25 Å². The Morgan fingerprint density at radius 2 is 2.06 bits per heavy atom. The van der Waals surface area contributed by atoms with Crippen molar-refractivity contribution in [2.45, 2.75) is 56.7 Å². The van der Waals surface area contributed by atoms with Crippen molar-refractivity contribution < 1.29 is 0 Å². The molecule has 0 amide bonds. The highest BCUT2D eigenvalue weighted by molar-refractivity contribution is 8.06. The standard InChI is InChI=1S/C12H26N2S2/c1-2-3-4-5-6-7-11(14-13)12-10-15-8-9-16-12/h11-12,14H,2-10,13H2,1H3. The zero-order chi connectivity index (χ0) is 11.6. The summed E-state index contributed by atoms with van der Waals surface area (Å²) in [5.74, 6) is 9.55. The second kappa shape index (κ2) is 9.63. The highest BCUT2D eigenvalue weighted by Gasteiger charge is 2.22. The molecule has 1 rings (SSSR count). The van der Waals surface area contributed by atoms with Gasteiger partial charge in [-0.15, -0.1) is 0 Å². The summed E-state index contributed by atoms with van der Waals surface area (Å²) < 4.78 is 0. The predicted molar refractivity (Wildman–Crippen MR) is 78.1 cm³/mol. The molecule has 2 nitrogen and oxygen atoms in total.